The fraction of sp³-hybridized carbons (Fsp3) is 1.00. The molecule has 0 aromatic heterocycles. The molecule has 0 radical (unpaired) electrons. The van der Waals surface area contributed by atoms with Gasteiger partial charge in [-0.25, -0.2) is 0 Å². The van der Waals surface area contributed by atoms with Gasteiger partial charge in [-0.05, 0) is 32.4 Å². The Balaban J connectivity index is 2.23. The highest BCUT2D eigenvalue weighted by Gasteiger charge is 2.11. The molecule has 1 fully saturated rings. The van der Waals surface area contributed by atoms with E-state index in [1.807, 2.05) is 0 Å². The van der Waals surface area contributed by atoms with Gasteiger partial charge in [0, 0.05) is 6.54 Å². The Morgan fingerprint density at radius 1 is 1.50 bits per heavy atom. The number of nitrogens with zero attached hydrogens (tertiary/aromatic N) is 1. The van der Waals surface area contributed by atoms with Crippen molar-refractivity contribution < 1.29 is 0 Å². The van der Waals surface area contributed by atoms with Crippen molar-refractivity contribution in [3.8, 4) is 0 Å². The van der Waals surface area contributed by atoms with Crippen molar-refractivity contribution in [1.82, 2.24) is 4.90 Å². The second-order valence-corrected chi connectivity index (χ2v) is 3.01. The monoisotopic (exact) mass is 113 g/mol. The molecule has 1 rings (SSSR count). The lowest BCUT2D eigenvalue weighted by Crippen LogP contribution is -2.30. The van der Waals surface area contributed by atoms with Crippen LogP contribution >= 0.6 is 0 Å². The van der Waals surface area contributed by atoms with E-state index in [-0.39, 0.29) is 0 Å². The molecule has 0 amide bonds. The first-order chi connectivity index (χ1) is 3.79. The van der Waals surface area contributed by atoms with Gasteiger partial charge in [0.05, 0.1) is 0 Å². The molecule has 0 saturated carbocycles. The molecule has 1 heteroatoms. The maximum absolute atomic E-state index is 2.41. The van der Waals surface area contributed by atoms with E-state index in [2.05, 4.69) is 18.9 Å². The second kappa shape index (κ2) is 2.49. The molecule has 1 unspecified atom stereocenters. The fourth-order valence-corrected chi connectivity index (χ4v) is 1.42. The first kappa shape index (κ1) is 6.09. The van der Waals surface area contributed by atoms with Gasteiger partial charge in [-0.2, -0.15) is 0 Å². The molecular weight excluding hydrogens is 98.1 g/mol. The van der Waals surface area contributed by atoms with E-state index < -0.39 is 0 Å². The smallest absolute Gasteiger partial charge is 0.000398 e. The van der Waals surface area contributed by atoms with Gasteiger partial charge in [0.2, 0.25) is 0 Å². The van der Waals surface area contributed by atoms with Crippen LogP contribution in [0.1, 0.15) is 19.8 Å². The minimum Gasteiger partial charge on any atom is -0.306 e. The summed E-state index contributed by atoms with van der Waals surface area (Å²) < 4.78 is 0. The molecule has 1 aliphatic heterocycles. The zero-order chi connectivity index (χ0) is 5.98. The summed E-state index contributed by atoms with van der Waals surface area (Å²) in [5.74, 6) is 0.939. The third-order valence-corrected chi connectivity index (χ3v) is 1.86. The van der Waals surface area contributed by atoms with Crippen molar-refractivity contribution in [2.75, 3.05) is 20.1 Å². The molecular formula is C7H15N. The van der Waals surface area contributed by atoms with E-state index in [9.17, 15) is 0 Å². The Labute approximate surface area is 51.7 Å². The maximum atomic E-state index is 2.41. The van der Waals surface area contributed by atoms with Crippen molar-refractivity contribution in [2.24, 2.45) is 5.92 Å². The van der Waals surface area contributed by atoms with Crippen LogP contribution in [0.25, 0.3) is 0 Å². The predicted octanol–water partition coefficient (Wildman–Crippen LogP) is 1.35. The van der Waals surface area contributed by atoms with Gasteiger partial charge < -0.3 is 4.90 Å². The third-order valence-electron chi connectivity index (χ3n) is 1.86. The second-order valence-electron chi connectivity index (χ2n) is 3.01. The van der Waals surface area contributed by atoms with Gasteiger partial charge in [0.25, 0.3) is 0 Å². The van der Waals surface area contributed by atoms with E-state index in [1.165, 1.54) is 25.9 Å². The minimum atomic E-state index is 0.939. The third kappa shape index (κ3) is 1.48. The first-order valence-electron chi connectivity index (χ1n) is 3.47. The molecule has 1 aliphatic rings. The molecule has 1 saturated heterocycles. The molecule has 48 valence electrons. The Morgan fingerprint density at radius 3 is 2.62 bits per heavy atom. The highest BCUT2D eigenvalue weighted by Crippen LogP contribution is 2.12. The number of rotatable bonds is 0. The molecule has 8 heavy (non-hydrogen) atoms. The van der Waals surface area contributed by atoms with Crippen molar-refractivity contribution in [3.63, 3.8) is 0 Å². The molecule has 1 heterocycles. The molecule has 0 aromatic carbocycles. The average molecular weight is 113 g/mol. The molecule has 1 atom stereocenters. The van der Waals surface area contributed by atoms with E-state index in [1.54, 1.807) is 0 Å². The highest BCUT2D eigenvalue weighted by molar-refractivity contribution is 4.65. The van der Waals surface area contributed by atoms with Crippen LogP contribution in [0.15, 0.2) is 0 Å². The summed E-state index contributed by atoms with van der Waals surface area (Å²) in [4.78, 5) is 2.41. The van der Waals surface area contributed by atoms with Crippen LogP contribution < -0.4 is 0 Å². The maximum Gasteiger partial charge on any atom is 0.000398 e. The first-order valence-corrected chi connectivity index (χ1v) is 3.47. The van der Waals surface area contributed by atoms with Crippen LogP contribution in [0.3, 0.4) is 0 Å². The van der Waals surface area contributed by atoms with Gasteiger partial charge in [0.15, 0.2) is 0 Å². The number of hydrogen-bond acceptors (Lipinski definition) is 1. The normalized spacial score (nSPS) is 33.0. The summed E-state index contributed by atoms with van der Waals surface area (Å²) in [6, 6.07) is 0. The molecule has 0 spiro atoms. The summed E-state index contributed by atoms with van der Waals surface area (Å²) in [6.45, 7) is 4.94. The number of piperidine rings is 1. The fourth-order valence-electron chi connectivity index (χ4n) is 1.42. The number of likely N-dealkylation sites (tertiary alicyclic amines) is 1. The van der Waals surface area contributed by atoms with Crippen molar-refractivity contribution in [1.29, 1.82) is 0 Å². The van der Waals surface area contributed by atoms with Crippen LogP contribution in [-0.2, 0) is 0 Å². The highest BCUT2D eigenvalue weighted by atomic mass is 15.1. The van der Waals surface area contributed by atoms with Crippen LogP contribution in [0.2, 0.25) is 0 Å². The standard InChI is InChI=1S/C7H15N/c1-7-4-3-5-8(2)6-7/h7H,3-6H2,1-2H3. The molecule has 0 aliphatic carbocycles. The van der Waals surface area contributed by atoms with Crippen LogP contribution in [-0.4, -0.2) is 25.0 Å². The lowest BCUT2D eigenvalue weighted by molar-refractivity contribution is 0.221. The van der Waals surface area contributed by atoms with E-state index in [4.69, 9.17) is 0 Å². The average Bonchev–Trinajstić information content (AvgIpc) is 1.64. The number of hydrogen-bond donors (Lipinski definition) is 0. The van der Waals surface area contributed by atoms with Crippen LogP contribution in [0.4, 0.5) is 0 Å². The lowest BCUT2D eigenvalue weighted by Gasteiger charge is -2.26. The van der Waals surface area contributed by atoms with E-state index in [0.29, 0.717) is 0 Å². The Bertz CT molecular complexity index is 62.8. The van der Waals surface area contributed by atoms with Gasteiger partial charge in [-0.15, -0.1) is 0 Å². The molecule has 0 bridgehead atoms. The zero-order valence-corrected chi connectivity index (χ0v) is 5.85. The minimum absolute atomic E-state index is 0.939. The largest absolute Gasteiger partial charge is 0.306 e. The van der Waals surface area contributed by atoms with Crippen LogP contribution in [0.5, 0.6) is 0 Å². The molecule has 0 N–H and O–H groups in total. The summed E-state index contributed by atoms with van der Waals surface area (Å²) in [5, 5.41) is 0. The van der Waals surface area contributed by atoms with Crippen molar-refractivity contribution in [2.45, 2.75) is 19.8 Å². The van der Waals surface area contributed by atoms with Gasteiger partial charge in [-0.1, -0.05) is 6.92 Å². The summed E-state index contributed by atoms with van der Waals surface area (Å²) >= 11 is 0. The SMILES string of the molecule is CC1CCCN(C)C1. The van der Waals surface area contributed by atoms with Gasteiger partial charge >= 0.3 is 0 Å². The Kier molecular flexibility index (Phi) is 1.90. The summed E-state index contributed by atoms with van der Waals surface area (Å²) in [6.07, 6.45) is 2.84. The van der Waals surface area contributed by atoms with Gasteiger partial charge in [-0.3, -0.25) is 0 Å². The quantitative estimate of drug-likeness (QED) is 0.458. The Morgan fingerprint density at radius 2 is 2.25 bits per heavy atom. The van der Waals surface area contributed by atoms with E-state index >= 15 is 0 Å². The summed E-state index contributed by atoms with van der Waals surface area (Å²) in [5.41, 5.74) is 0. The zero-order valence-electron chi connectivity index (χ0n) is 5.85. The van der Waals surface area contributed by atoms with Crippen LogP contribution in [0, 0.1) is 5.92 Å². The molecule has 0 aromatic rings. The topological polar surface area (TPSA) is 3.24 Å². The van der Waals surface area contributed by atoms with Crippen molar-refractivity contribution >= 4 is 0 Å². The van der Waals surface area contributed by atoms with Gasteiger partial charge in [0.1, 0.15) is 0 Å². The van der Waals surface area contributed by atoms with E-state index in [0.717, 1.165) is 5.92 Å². The Hall–Kier alpha value is -0.0400. The van der Waals surface area contributed by atoms with Crippen molar-refractivity contribution in [3.05, 3.63) is 0 Å². The lowest BCUT2D eigenvalue weighted by atomic mass is 10.0. The summed E-state index contributed by atoms with van der Waals surface area (Å²) in [7, 11) is 2.20. The predicted molar refractivity (Wildman–Crippen MR) is 35.9 cm³/mol. The molecule has 1 nitrogen and oxygen atoms in total.